The zero-order chi connectivity index (χ0) is 21.6. The number of hydrogen-bond donors (Lipinski definition) is 2. The number of esters is 1. The van der Waals surface area contributed by atoms with Crippen LogP contribution in [0.4, 0.5) is 0 Å². The van der Waals surface area contributed by atoms with E-state index in [-0.39, 0.29) is 31.4 Å². The molecule has 1 aliphatic heterocycles. The first kappa shape index (κ1) is 22.9. The number of rotatable bonds is 8. The van der Waals surface area contributed by atoms with Crippen LogP contribution >= 0.6 is 11.6 Å². The van der Waals surface area contributed by atoms with E-state index in [9.17, 15) is 14.4 Å². The quantitative estimate of drug-likeness (QED) is 0.606. The molecule has 29 heavy (non-hydrogen) atoms. The Hall–Kier alpha value is -2.38. The number of nitrogens with zero attached hydrogens (tertiary/aromatic N) is 1. The van der Waals surface area contributed by atoms with Gasteiger partial charge in [0.05, 0.1) is 39.4 Å². The average Bonchev–Trinajstić information content (AvgIpc) is 2.65. The van der Waals surface area contributed by atoms with Gasteiger partial charge in [-0.3, -0.25) is 9.59 Å². The molecule has 2 amide bonds. The molecule has 2 rings (SSSR count). The van der Waals surface area contributed by atoms with E-state index in [0.717, 1.165) is 6.54 Å². The number of allylic oxidation sites excluding steroid dienone is 1. The molecule has 0 bridgehead atoms. The fourth-order valence-corrected chi connectivity index (χ4v) is 3.62. The van der Waals surface area contributed by atoms with Crippen LogP contribution in [0.25, 0.3) is 0 Å². The number of ether oxygens (including phenoxy) is 1. The number of hydrogen-bond acceptors (Lipinski definition) is 4. The third kappa shape index (κ3) is 5.81. The van der Waals surface area contributed by atoms with Crippen LogP contribution in [-0.4, -0.2) is 63.0 Å². The molecular formula is C21H29ClN3O4+. The predicted octanol–water partition coefficient (Wildman–Crippen LogP) is 0.754. The molecule has 0 aliphatic carbocycles. The zero-order valence-electron chi connectivity index (χ0n) is 17.4. The van der Waals surface area contributed by atoms with Gasteiger partial charge in [-0.25, -0.2) is 4.79 Å². The third-order valence-corrected chi connectivity index (χ3v) is 5.19. The highest BCUT2D eigenvalue weighted by molar-refractivity contribution is 6.31. The lowest BCUT2D eigenvalue weighted by atomic mass is 9.83. The molecule has 0 saturated heterocycles. The highest BCUT2D eigenvalue weighted by Gasteiger charge is 2.38. The molecule has 0 saturated carbocycles. The summed E-state index contributed by atoms with van der Waals surface area (Å²) in [4.78, 5) is 40.5. The third-order valence-electron chi connectivity index (χ3n) is 4.85. The van der Waals surface area contributed by atoms with E-state index in [2.05, 4.69) is 5.32 Å². The van der Waals surface area contributed by atoms with Crippen LogP contribution < -0.4 is 10.2 Å². The van der Waals surface area contributed by atoms with Crippen molar-refractivity contribution >= 4 is 29.4 Å². The van der Waals surface area contributed by atoms with E-state index in [0.29, 0.717) is 28.4 Å². The maximum atomic E-state index is 12.9. The van der Waals surface area contributed by atoms with E-state index >= 15 is 0 Å². The summed E-state index contributed by atoms with van der Waals surface area (Å²) in [7, 11) is 3.99. The van der Waals surface area contributed by atoms with E-state index < -0.39 is 11.9 Å². The van der Waals surface area contributed by atoms with Gasteiger partial charge >= 0.3 is 5.97 Å². The van der Waals surface area contributed by atoms with E-state index in [1.54, 1.807) is 32.0 Å². The smallest absolute Gasteiger partial charge is 0.336 e. The van der Waals surface area contributed by atoms with Crippen LogP contribution in [0, 0.1) is 0 Å². The van der Waals surface area contributed by atoms with Crippen LogP contribution in [0.1, 0.15) is 31.7 Å². The van der Waals surface area contributed by atoms with Crippen LogP contribution in [0.15, 0.2) is 35.5 Å². The van der Waals surface area contributed by atoms with Crippen molar-refractivity contribution in [3.8, 4) is 0 Å². The van der Waals surface area contributed by atoms with Crippen molar-refractivity contribution < 1.29 is 24.0 Å². The molecule has 0 unspecified atom stereocenters. The van der Waals surface area contributed by atoms with Crippen LogP contribution in [0.2, 0.25) is 5.02 Å². The molecule has 0 fully saturated rings. The molecule has 1 aromatic rings. The summed E-state index contributed by atoms with van der Waals surface area (Å²) in [6.45, 7) is 4.77. The number of nitrogens with one attached hydrogen (secondary N) is 2. The molecule has 0 radical (unpaired) electrons. The van der Waals surface area contributed by atoms with Crippen molar-refractivity contribution in [1.29, 1.82) is 0 Å². The number of carbonyl (C=O) groups excluding carboxylic acids is 3. The Bertz CT molecular complexity index is 807. The Balaban J connectivity index is 2.33. The van der Waals surface area contributed by atoms with Crippen molar-refractivity contribution in [1.82, 2.24) is 10.2 Å². The number of likely N-dealkylation sites (N-methyl/N-ethyl adjacent to an activating group) is 1. The number of halogens is 1. The standard InChI is InChI=1S/C21H28ClN3O4/c1-5-29-21(28)20-14(2)25(13-18(26)23-10-11-24(3)4)19(27)12-16(20)15-8-6-7-9-17(15)22/h6-9,16H,5,10-13H2,1-4H3,(H,23,26)/p+1/t16-/m0/s1. The monoisotopic (exact) mass is 422 g/mol. The molecule has 158 valence electrons. The molecule has 1 heterocycles. The highest BCUT2D eigenvalue weighted by Crippen LogP contribution is 2.39. The molecule has 1 atom stereocenters. The highest BCUT2D eigenvalue weighted by atomic mass is 35.5. The van der Waals surface area contributed by atoms with E-state index in [1.165, 1.54) is 9.80 Å². The van der Waals surface area contributed by atoms with Gasteiger partial charge in [0.2, 0.25) is 11.8 Å². The molecular weight excluding hydrogens is 394 g/mol. The zero-order valence-corrected chi connectivity index (χ0v) is 18.1. The van der Waals surface area contributed by atoms with Crippen molar-refractivity contribution in [3.05, 3.63) is 46.1 Å². The Labute approximate surface area is 176 Å². The molecule has 8 heteroatoms. The van der Waals surface area contributed by atoms with Gasteiger partial charge in [0.1, 0.15) is 6.54 Å². The molecule has 7 nitrogen and oxygen atoms in total. The first-order valence-electron chi connectivity index (χ1n) is 9.74. The lowest BCUT2D eigenvalue weighted by Gasteiger charge is -2.34. The predicted molar refractivity (Wildman–Crippen MR) is 111 cm³/mol. The SMILES string of the molecule is CCOC(=O)C1=C(C)N(CC(=O)NCC[NH+](C)C)C(=O)C[C@H]1c1ccccc1Cl. The lowest BCUT2D eigenvalue weighted by molar-refractivity contribution is -0.856. The van der Waals surface area contributed by atoms with E-state index in [1.807, 2.05) is 20.2 Å². The summed E-state index contributed by atoms with van der Waals surface area (Å²) >= 11 is 6.34. The summed E-state index contributed by atoms with van der Waals surface area (Å²) in [6.07, 6.45) is 0.0460. The normalized spacial score (nSPS) is 17.0. The Kier molecular flexibility index (Phi) is 8.22. The van der Waals surface area contributed by atoms with Gasteiger partial charge in [-0.2, -0.15) is 0 Å². The number of amides is 2. The fraction of sp³-hybridized carbons (Fsp3) is 0.476. The van der Waals surface area contributed by atoms with Crippen molar-refractivity contribution in [3.63, 3.8) is 0 Å². The van der Waals surface area contributed by atoms with Crippen molar-refractivity contribution in [2.24, 2.45) is 0 Å². The summed E-state index contributed by atoms with van der Waals surface area (Å²) in [6, 6.07) is 7.14. The molecule has 2 N–H and O–H groups in total. The first-order valence-corrected chi connectivity index (χ1v) is 10.1. The molecule has 1 aliphatic rings. The van der Waals surface area contributed by atoms with Gasteiger partial charge < -0.3 is 19.9 Å². The number of carbonyl (C=O) groups is 3. The second-order valence-electron chi connectivity index (χ2n) is 7.28. The summed E-state index contributed by atoms with van der Waals surface area (Å²) in [5.41, 5.74) is 1.49. The Morgan fingerprint density at radius 2 is 2.00 bits per heavy atom. The Morgan fingerprint density at radius 3 is 2.62 bits per heavy atom. The largest absolute Gasteiger partial charge is 0.463 e. The number of benzene rings is 1. The molecule has 0 spiro atoms. The van der Waals surface area contributed by atoms with Crippen molar-refractivity contribution in [2.75, 3.05) is 40.3 Å². The summed E-state index contributed by atoms with van der Waals surface area (Å²) in [5, 5.41) is 3.29. The van der Waals surface area contributed by atoms with Crippen LogP contribution in [-0.2, 0) is 19.1 Å². The topological polar surface area (TPSA) is 80.2 Å². The van der Waals surface area contributed by atoms with Gasteiger partial charge in [-0.05, 0) is 25.5 Å². The molecule has 1 aromatic carbocycles. The minimum absolute atomic E-state index is 0.0460. The fourth-order valence-electron chi connectivity index (χ4n) is 3.35. The summed E-state index contributed by atoms with van der Waals surface area (Å²) in [5.74, 6) is -1.50. The number of quaternary nitrogens is 1. The first-order chi connectivity index (χ1) is 13.8. The molecule has 0 aromatic heterocycles. The van der Waals surface area contributed by atoms with Crippen molar-refractivity contribution in [2.45, 2.75) is 26.2 Å². The van der Waals surface area contributed by atoms with Gasteiger partial charge in [-0.15, -0.1) is 0 Å². The average molecular weight is 423 g/mol. The van der Waals surface area contributed by atoms with Crippen LogP contribution in [0.3, 0.4) is 0 Å². The van der Waals surface area contributed by atoms with Crippen LogP contribution in [0.5, 0.6) is 0 Å². The minimum atomic E-state index is -0.507. The van der Waals surface area contributed by atoms with Gasteiger partial charge in [0.25, 0.3) is 0 Å². The maximum Gasteiger partial charge on any atom is 0.336 e. The second kappa shape index (κ2) is 10.4. The summed E-state index contributed by atoms with van der Waals surface area (Å²) < 4.78 is 5.24. The minimum Gasteiger partial charge on any atom is -0.463 e. The van der Waals surface area contributed by atoms with Gasteiger partial charge in [0.15, 0.2) is 0 Å². The van der Waals surface area contributed by atoms with E-state index in [4.69, 9.17) is 16.3 Å². The van der Waals surface area contributed by atoms with Gasteiger partial charge in [0, 0.05) is 23.1 Å². The maximum absolute atomic E-state index is 12.9. The Morgan fingerprint density at radius 1 is 1.31 bits per heavy atom. The lowest BCUT2D eigenvalue weighted by Crippen LogP contribution is -3.06. The van der Waals surface area contributed by atoms with Gasteiger partial charge in [-0.1, -0.05) is 29.8 Å². The second-order valence-corrected chi connectivity index (χ2v) is 7.69.